The van der Waals surface area contributed by atoms with E-state index in [1.807, 2.05) is 30.3 Å². The van der Waals surface area contributed by atoms with Crippen molar-refractivity contribution < 1.29 is 14.1 Å². The molecule has 34 heavy (non-hydrogen) atoms. The average Bonchev–Trinajstić information content (AvgIpc) is 3.29. The van der Waals surface area contributed by atoms with Gasteiger partial charge in [-0.3, -0.25) is 19.8 Å². The van der Waals surface area contributed by atoms with Gasteiger partial charge in [-0.15, -0.1) is 0 Å². The van der Waals surface area contributed by atoms with Crippen LogP contribution in [0.1, 0.15) is 5.76 Å². The highest BCUT2D eigenvalue weighted by atomic mass is 79.9. The number of non-ortho nitro benzene ring substituents is 1. The molecule has 0 radical (unpaired) electrons. The number of furan rings is 1. The molecule has 1 aliphatic heterocycles. The van der Waals surface area contributed by atoms with Crippen LogP contribution >= 0.6 is 39.3 Å². The Labute approximate surface area is 212 Å². The highest BCUT2D eigenvalue weighted by molar-refractivity contribution is 9.10. The van der Waals surface area contributed by atoms with Gasteiger partial charge in [0.2, 0.25) is 0 Å². The number of nitro benzene ring substituents is 1. The first-order chi connectivity index (χ1) is 16.4. The number of para-hydroxylation sites is 1. The molecular weight excluding hydrogens is 540 g/mol. The van der Waals surface area contributed by atoms with Crippen molar-refractivity contribution >= 4 is 68.3 Å². The zero-order valence-corrected chi connectivity index (χ0v) is 20.4. The van der Waals surface area contributed by atoms with Crippen molar-refractivity contribution in [3.05, 3.63) is 104 Å². The maximum absolute atomic E-state index is 13.3. The summed E-state index contributed by atoms with van der Waals surface area (Å²) in [6.07, 6.45) is 3.05. The Morgan fingerprint density at radius 2 is 1.82 bits per heavy atom. The molecule has 3 aromatic carbocycles. The van der Waals surface area contributed by atoms with E-state index >= 15 is 0 Å². The highest BCUT2D eigenvalue weighted by Gasteiger charge is 2.27. The number of carbonyl (C=O) groups is 1. The van der Waals surface area contributed by atoms with E-state index in [0.29, 0.717) is 26.6 Å². The van der Waals surface area contributed by atoms with E-state index in [-0.39, 0.29) is 11.6 Å². The molecule has 1 aromatic heterocycles. The molecule has 0 aliphatic carbocycles. The lowest BCUT2D eigenvalue weighted by Gasteiger charge is -2.30. The first kappa shape index (κ1) is 22.5. The van der Waals surface area contributed by atoms with Crippen molar-refractivity contribution in [2.24, 2.45) is 0 Å². The van der Waals surface area contributed by atoms with Crippen LogP contribution < -0.4 is 4.90 Å². The molecule has 0 bridgehead atoms. The minimum atomic E-state index is -0.459. The van der Waals surface area contributed by atoms with Crippen LogP contribution in [0.2, 0.25) is 5.02 Å². The molecule has 1 aliphatic rings. The summed E-state index contributed by atoms with van der Waals surface area (Å²) < 4.78 is 6.40. The lowest BCUT2D eigenvalue weighted by Crippen LogP contribution is -2.26. The molecule has 6 nitrogen and oxygen atoms in total. The van der Waals surface area contributed by atoms with Crippen molar-refractivity contribution in [3.63, 3.8) is 0 Å². The number of fused-ring (bicyclic) bond motifs is 2. The summed E-state index contributed by atoms with van der Waals surface area (Å²) >= 11 is 11.2. The van der Waals surface area contributed by atoms with E-state index in [1.54, 1.807) is 53.1 Å². The Hall–Kier alpha value is -3.33. The number of benzene rings is 3. The van der Waals surface area contributed by atoms with E-state index in [1.165, 1.54) is 18.2 Å². The van der Waals surface area contributed by atoms with Crippen LogP contribution in [0.15, 0.2) is 97.6 Å². The maximum Gasteiger partial charge on any atom is 0.270 e. The molecular formula is C25H14BrClN2O4S. The Bertz CT molecular complexity index is 1480. The number of rotatable bonds is 4. The summed E-state index contributed by atoms with van der Waals surface area (Å²) in [7, 11) is 0. The second-order valence-corrected chi connectivity index (χ2v) is 9.69. The van der Waals surface area contributed by atoms with Gasteiger partial charge in [0.15, 0.2) is 0 Å². The minimum absolute atomic E-state index is 0.0201. The van der Waals surface area contributed by atoms with Crippen LogP contribution in [0.3, 0.4) is 0 Å². The van der Waals surface area contributed by atoms with Gasteiger partial charge in [-0.2, -0.15) is 0 Å². The van der Waals surface area contributed by atoms with Gasteiger partial charge in [0, 0.05) is 43.1 Å². The maximum atomic E-state index is 13.3. The molecule has 4 aromatic rings. The molecule has 9 heteroatoms. The largest absolute Gasteiger partial charge is 0.457 e. The smallest absolute Gasteiger partial charge is 0.270 e. The average molecular weight is 554 g/mol. The number of hydrogen-bond donors (Lipinski definition) is 0. The lowest BCUT2D eigenvalue weighted by molar-refractivity contribution is -0.384. The molecule has 0 N–H and O–H groups in total. The van der Waals surface area contributed by atoms with Gasteiger partial charge in [0.05, 0.1) is 16.3 Å². The fourth-order valence-corrected chi connectivity index (χ4v) is 5.36. The molecule has 0 unspecified atom stereocenters. The first-order valence-corrected chi connectivity index (χ1v) is 12.0. The van der Waals surface area contributed by atoms with Crippen molar-refractivity contribution in [1.82, 2.24) is 0 Å². The van der Waals surface area contributed by atoms with Crippen molar-refractivity contribution in [2.75, 3.05) is 4.90 Å². The third-order valence-corrected chi connectivity index (χ3v) is 7.18. The summed E-state index contributed by atoms with van der Waals surface area (Å²) in [6.45, 7) is 0. The molecule has 0 fully saturated rings. The fourth-order valence-electron chi connectivity index (χ4n) is 3.60. The Morgan fingerprint density at radius 3 is 2.62 bits per heavy atom. The van der Waals surface area contributed by atoms with Gasteiger partial charge >= 0.3 is 0 Å². The number of amides is 1. The number of carbonyl (C=O) groups excluding carboxylic acids is 1. The van der Waals surface area contributed by atoms with E-state index in [9.17, 15) is 14.9 Å². The number of hydrogen-bond acceptors (Lipinski definition) is 5. The quantitative estimate of drug-likeness (QED) is 0.145. The van der Waals surface area contributed by atoms with Crippen molar-refractivity contribution in [3.8, 4) is 11.3 Å². The van der Waals surface area contributed by atoms with Crippen LogP contribution in [-0.4, -0.2) is 10.8 Å². The summed E-state index contributed by atoms with van der Waals surface area (Å²) in [5, 5.41) is 11.5. The standard InChI is InChI=1S/C25H14BrClN2O4S/c26-19-14-16(29(31)32)6-9-18(19)22-10-7-17(33-22)8-12-25(30)28-20-3-1-2-4-23(20)34-24-11-5-15(27)13-21(24)28/h1-14H/b12-8+. The van der Waals surface area contributed by atoms with Gasteiger partial charge in [0.25, 0.3) is 11.6 Å². The van der Waals surface area contributed by atoms with Crippen LogP contribution in [-0.2, 0) is 4.79 Å². The van der Waals surface area contributed by atoms with Gasteiger partial charge < -0.3 is 4.42 Å². The van der Waals surface area contributed by atoms with Crippen molar-refractivity contribution in [1.29, 1.82) is 0 Å². The SMILES string of the molecule is O=C(/C=C/c1ccc(-c2ccc([N+](=O)[O-])cc2Br)o1)N1c2ccccc2Sc2ccc(Cl)cc21. The Kier molecular flexibility index (Phi) is 6.03. The number of nitro groups is 1. The molecule has 168 valence electrons. The second-order valence-electron chi connectivity index (χ2n) is 7.31. The summed E-state index contributed by atoms with van der Waals surface area (Å²) in [4.78, 5) is 27.4. The van der Waals surface area contributed by atoms with E-state index < -0.39 is 4.92 Å². The third kappa shape index (κ3) is 4.27. The molecule has 1 amide bonds. The summed E-state index contributed by atoms with van der Waals surface area (Å²) in [6, 6.07) is 21.1. The number of halogens is 2. The predicted octanol–water partition coefficient (Wildman–Crippen LogP) is 8.11. The monoisotopic (exact) mass is 552 g/mol. The predicted molar refractivity (Wildman–Crippen MR) is 137 cm³/mol. The van der Waals surface area contributed by atoms with Gasteiger partial charge in [0.1, 0.15) is 11.5 Å². The van der Waals surface area contributed by atoms with Gasteiger partial charge in [-0.1, -0.05) is 35.5 Å². The zero-order chi connectivity index (χ0) is 23.8. The van der Waals surface area contributed by atoms with E-state index in [2.05, 4.69) is 15.9 Å². The summed E-state index contributed by atoms with van der Waals surface area (Å²) in [5.74, 6) is 0.746. The third-order valence-electron chi connectivity index (χ3n) is 5.15. The molecule has 5 rings (SSSR count). The number of nitrogens with zero attached hydrogens (tertiary/aromatic N) is 2. The molecule has 2 heterocycles. The molecule has 0 saturated carbocycles. The number of anilines is 2. The van der Waals surface area contributed by atoms with Crippen LogP contribution in [0.5, 0.6) is 0 Å². The minimum Gasteiger partial charge on any atom is -0.457 e. The Morgan fingerprint density at radius 1 is 1.03 bits per heavy atom. The second kappa shape index (κ2) is 9.13. The molecule has 0 atom stereocenters. The molecule has 0 spiro atoms. The van der Waals surface area contributed by atoms with Gasteiger partial charge in [-0.05, 0) is 70.5 Å². The van der Waals surface area contributed by atoms with Gasteiger partial charge in [-0.25, -0.2) is 0 Å². The Balaban J connectivity index is 1.44. The van der Waals surface area contributed by atoms with Crippen LogP contribution in [0.4, 0.5) is 17.1 Å². The molecule has 0 saturated heterocycles. The van der Waals surface area contributed by atoms with Crippen LogP contribution in [0.25, 0.3) is 17.4 Å². The highest BCUT2D eigenvalue weighted by Crippen LogP contribution is 2.48. The summed E-state index contributed by atoms with van der Waals surface area (Å²) in [5.41, 5.74) is 2.16. The lowest BCUT2D eigenvalue weighted by atomic mass is 10.1. The normalized spacial score (nSPS) is 12.5. The zero-order valence-electron chi connectivity index (χ0n) is 17.3. The van der Waals surface area contributed by atoms with Crippen molar-refractivity contribution in [2.45, 2.75) is 9.79 Å². The fraction of sp³-hybridized carbons (Fsp3) is 0. The van der Waals surface area contributed by atoms with E-state index in [4.69, 9.17) is 16.0 Å². The van der Waals surface area contributed by atoms with Crippen LogP contribution in [0, 0.1) is 10.1 Å². The van der Waals surface area contributed by atoms with E-state index in [0.717, 1.165) is 21.2 Å². The topological polar surface area (TPSA) is 76.6 Å². The first-order valence-electron chi connectivity index (χ1n) is 10.0.